The first-order chi connectivity index (χ1) is 9.27. The minimum atomic E-state index is -4.17. The average Bonchev–Trinajstić information content (AvgIpc) is 2.37. The highest BCUT2D eigenvalue weighted by Gasteiger charge is 2.41. The van der Waals surface area contributed by atoms with E-state index in [0.29, 0.717) is 5.69 Å². The summed E-state index contributed by atoms with van der Waals surface area (Å²) >= 11 is 0. The van der Waals surface area contributed by atoms with Crippen molar-refractivity contribution >= 4 is 11.9 Å². The predicted octanol–water partition coefficient (Wildman–Crippen LogP) is 2.26. The predicted molar refractivity (Wildman–Crippen MR) is 64.7 cm³/mol. The number of hydrogen-bond donors (Lipinski definition) is 1. The molecular weight excluding hydrogens is 275 g/mol. The molecule has 1 aromatic rings. The van der Waals surface area contributed by atoms with Crippen LogP contribution in [-0.4, -0.2) is 40.3 Å². The Hall–Kier alpha value is -1.86. The van der Waals surface area contributed by atoms with Crippen molar-refractivity contribution in [3.8, 4) is 0 Å². The summed E-state index contributed by atoms with van der Waals surface area (Å²) in [4.78, 5) is 20.5. The van der Waals surface area contributed by atoms with Crippen LogP contribution in [0.3, 0.4) is 0 Å². The van der Waals surface area contributed by atoms with Crippen LogP contribution in [0.5, 0.6) is 0 Å². The fourth-order valence-corrected chi connectivity index (χ4v) is 2.21. The number of alkyl halides is 3. The van der Waals surface area contributed by atoms with E-state index in [9.17, 15) is 18.0 Å². The molecule has 110 valence electrons. The lowest BCUT2D eigenvalue weighted by Gasteiger charge is -2.33. The molecule has 0 spiro atoms. The topological polar surface area (TPSA) is 66.3 Å². The van der Waals surface area contributed by atoms with E-state index < -0.39 is 18.1 Å². The summed E-state index contributed by atoms with van der Waals surface area (Å²) in [7, 11) is 0. The van der Waals surface area contributed by atoms with E-state index in [2.05, 4.69) is 9.97 Å². The van der Waals surface area contributed by atoms with Crippen LogP contribution in [0.2, 0.25) is 0 Å². The van der Waals surface area contributed by atoms with Crippen molar-refractivity contribution in [1.82, 2.24) is 9.97 Å². The molecule has 1 N–H and O–H groups in total. The molecule has 1 aliphatic rings. The van der Waals surface area contributed by atoms with Crippen LogP contribution in [0, 0.1) is 12.8 Å². The molecule has 1 fully saturated rings. The molecule has 20 heavy (non-hydrogen) atoms. The SMILES string of the molecule is Cc1cc(C(=O)O)nc(N2CCC(C(F)(F)F)CC2)n1. The molecule has 5 nitrogen and oxygen atoms in total. The Balaban J connectivity index is 2.13. The van der Waals surface area contributed by atoms with E-state index in [1.165, 1.54) is 6.07 Å². The molecule has 2 heterocycles. The summed E-state index contributed by atoms with van der Waals surface area (Å²) in [6.07, 6.45) is -4.22. The zero-order chi connectivity index (χ0) is 14.9. The van der Waals surface area contributed by atoms with Gasteiger partial charge in [-0.25, -0.2) is 14.8 Å². The smallest absolute Gasteiger partial charge is 0.391 e. The lowest BCUT2D eigenvalue weighted by Crippen LogP contribution is -2.40. The number of rotatable bonds is 2. The Morgan fingerprint density at radius 1 is 1.35 bits per heavy atom. The normalized spacial score (nSPS) is 17.3. The summed E-state index contributed by atoms with van der Waals surface area (Å²) in [5, 5.41) is 8.92. The van der Waals surface area contributed by atoms with Gasteiger partial charge in [-0.05, 0) is 25.8 Å². The number of aromatic carboxylic acids is 1. The van der Waals surface area contributed by atoms with Gasteiger partial charge in [-0.3, -0.25) is 0 Å². The Morgan fingerprint density at radius 3 is 2.45 bits per heavy atom. The third-order valence-corrected chi connectivity index (χ3v) is 3.30. The molecule has 0 atom stereocenters. The van der Waals surface area contributed by atoms with Crippen molar-refractivity contribution in [2.75, 3.05) is 18.0 Å². The van der Waals surface area contributed by atoms with Gasteiger partial charge in [-0.1, -0.05) is 0 Å². The summed E-state index contributed by atoms with van der Waals surface area (Å²) < 4.78 is 37.7. The second kappa shape index (κ2) is 5.26. The molecule has 0 saturated carbocycles. The second-order valence-electron chi connectivity index (χ2n) is 4.80. The zero-order valence-corrected chi connectivity index (χ0v) is 10.8. The van der Waals surface area contributed by atoms with Gasteiger partial charge in [0.05, 0.1) is 5.92 Å². The average molecular weight is 289 g/mol. The highest BCUT2D eigenvalue weighted by atomic mass is 19.4. The molecule has 0 aliphatic carbocycles. The monoisotopic (exact) mass is 289 g/mol. The van der Waals surface area contributed by atoms with Gasteiger partial charge in [0.25, 0.3) is 0 Å². The number of carboxylic acid groups (broad SMARTS) is 1. The van der Waals surface area contributed by atoms with Gasteiger partial charge in [-0.15, -0.1) is 0 Å². The van der Waals surface area contributed by atoms with E-state index in [4.69, 9.17) is 5.11 Å². The lowest BCUT2D eigenvalue weighted by atomic mass is 9.96. The number of carbonyl (C=O) groups is 1. The number of piperidine rings is 1. The van der Waals surface area contributed by atoms with Crippen LogP contribution < -0.4 is 4.90 Å². The minimum absolute atomic E-state index is 0.0246. The Morgan fingerprint density at radius 2 is 1.95 bits per heavy atom. The van der Waals surface area contributed by atoms with Crippen molar-refractivity contribution in [2.45, 2.75) is 25.9 Å². The largest absolute Gasteiger partial charge is 0.477 e. The Labute approximate surface area is 113 Å². The maximum atomic E-state index is 12.6. The van der Waals surface area contributed by atoms with E-state index in [0.717, 1.165) is 0 Å². The summed E-state index contributed by atoms with van der Waals surface area (Å²) in [6.45, 7) is 1.97. The maximum absolute atomic E-state index is 12.6. The van der Waals surface area contributed by atoms with Crippen LogP contribution in [0.25, 0.3) is 0 Å². The second-order valence-corrected chi connectivity index (χ2v) is 4.80. The van der Waals surface area contributed by atoms with E-state index in [1.807, 2.05) is 0 Å². The summed E-state index contributed by atoms with van der Waals surface area (Å²) in [5.74, 6) is -2.30. The number of anilines is 1. The Bertz CT molecular complexity index is 511. The minimum Gasteiger partial charge on any atom is -0.477 e. The molecule has 0 radical (unpaired) electrons. The van der Waals surface area contributed by atoms with Gasteiger partial charge in [0.2, 0.25) is 5.95 Å². The van der Waals surface area contributed by atoms with Crippen molar-refractivity contribution in [3.63, 3.8) is 0 Å². The molecule has 1 saturated heterocycles. The molecule has 0 unspecified atom stereocenters. The quantitative estimate of drug-likeness (QED) is 0.904. The highest BCUT2D eigenvalue weighted by Crippen LogP contribution is 2.34. The van der Waals surface area contributed by atoms with E-state index >= 15 is 0 Å². The number of halogens is 3. The fraction of sp³-hybridized carbons (Fsp3) is 0.583. The number of hydrogen-bond acceptors (Lipinski definition) is 4. The molecular formula is C12H14F3N3O2. The van der Waals surface area contributed by atoms with Crippen molar-refractivity contribution < 1.29 is 23.1 Å². The van der Waals surface area contributed by atoms with Gasteiger partial charge in [0.15, 0.2) is 5.69 Å². The number of aromatic nitrogens is 2. The molecule has 0 amide bonds. The van der Waals surface area contributed by atoms with Crippen LogP contribution in [0.15, 0.2) is 6.07 Å². The first-order valence-corrected chi connectivity index (χ1v) is 6.18. The Kier molecular flexibility index (Phi) is 3.82. The standard InChI is InChI=1S/C12H14F3N3O2/c1-7-6-9(10(19)20)17-11(16-7)18-4-2-8(3-5-18)12(13,14)15/h6,8H,2-5H2,1H3,(H,19,20). The molecule has 1 aliphatic heterocycles. The van der Waals surface area contributed by atoms with Gasteiger partial charge >= 0.3 is 12.1 Å². The van der Waals surface area contributed by atoms with E-state index in [1.54, 1.807) is 11.8 Å². The van der Waals surface area contributed by atoms with Gasteiger partial charge in [-0.2, -0.15) is 13.2 Å². The number of carboxylic acids is 1. The maximum Gasteiger partial charge on any atom is 0.391 e. The fourth-order valence-electron chi connectivity index (χ4n) is 2.21. The summed E-state index contributed by atoms with van der Waals surface area (Å²) in [5.41, 5.74) is 0.329. The van der Waals surface area contributed by atoms with Crippen LogP contribution >= 0.6 is 0 Å². The van der Waals surface area contributed by atoms with Crippen LogP contribution in [-0.2, 0) is 0 Å². The number of aryl methyl sites for hydroxylation is 1. The first-order valence-electron chi connectivity index (χ1n) is 6.18. The van der Waals surface area contributed by atoms with Gasteiger partial charge < -0.3 is 10.0 Å². The molecule has 0 aromatic carbocycles. The van der Waals surface area contributed by atoms with Gasteiger partial charge in [0.1, 0.15) is 0 Å². The molecule has 0 bridgehead atoms. The lowest BCUT2D eigenvalue weighted by molar-refractivity contribution is -0.179. The first kappa shape index (κ1) is 14.5. The zero-order valence-electron chi connectivity index (χ0n) is 10.8. The van der Waals surface area contributed by atoms with E-state index in [-0.39, 0.29) is 37.6 Å². The number of nitrogens with zero attached hydrogens (tertiary/aromatic N) is 3. The van der Waals surface area contributed by atoms with Crippen LogP contribution in [0.1, 0.15) is 29.0 Å². The van der Waals surface area contributed by atoms with Crippen LogP contribution in [0.4, 0.5) is 19.1 Å². The summed E-state index contributed by atoms with van der Waals surface area (Å²) in [6, 6.07) is 1.33. The third-order valence-electron chi connectivity index (χ3n) is 3.30. The van der Waals surface area contributed by atoms with Gasteiger partial charge in [0, 0.05) is 18.8 Å². The van der Waals surface area contributed by atoms with Crippen molar-refractivity contribution in [1.29, 1.82) is 0 Å². The molecule has 8 heteroatoms. The third kappa shape index (κ3) is 3.17. The van der Waals surface area contributed by atoms with Crippen molar-refractivity contribution in [3.05, 3.63) is 17.5 Å². The van der Waals surface area contributed by atoms with Crippen molar-refractivity contribution in [2.24, 2.45) is 5.92 Å². The molecule has 1 aromatic heterocycles. The highest BCUT2D eigenvalue weighted by molar-refractivity contribution is 5.85. The molecule has 2 rings (SSSR count).